The van der Waals surface area contributed by atoms with E-state index in [0.717, 1.165) is 0 Å². The fourth-order valence-electron chi connectivity index (χ4n) is 2.34. The van der Waals surface area contributed by atoms with E-state index in [2.05, 4.69) is 48.5 Å². The van der Waals surface area contributed by atoms with Crippen LogP contribution in [0.4, 0.5) is 0 Å². The molecule has 1 heterocycles. The fourth-order valence-corrected chi connectivity index (χ4v) is 3.60. The molecule has 1 aliphatic carbocycles. The van der Waals surface area contributed by atoms with Gasteiger partial charge in [0.2, 0.25) is 0 Å². The van der Waals surface area contributed by atoms with Crippen LogP contribution in [0.1, 0.15) is 0 Å². The third-order valence-corrected chi connectivity index (χ3v) is 4.24. The summed E-state index contributed by atoms with van der Waals surface area (Å²) >= 11 is 1.91. The van der Waals surface area contributed by atoms with Gasteiger partial charge in [-0.05, 0) is 11.6 Å². The van der Waals surface area contributed by atoms with E-state index in [4.69, 9.17) is 0 Å². The molecule has 1 heteroatoms. The Hall–Kier alpha value is -1.60. The number of benzene rings is 2. The predicted molar refractivity (Wildman–Crippen MR) is 66.3 cm³/mol. The van der Waals surface area contributed by atoms with Gasteiger partial charge in [0.25, 0.3) is 0 Å². The molecule has 0 atom stereocenters. The zero-order valence-corrected chi connectivity index (χ0v) is 8.84. The van der Waals surface area contributed by atoms with Gasteiger partial charge in [0.15, 0.2) is 0 Å². The van der Waals surface area contributed by atoms with E-state index in [1.165, 1.54) is 31.7 Å². The lowest BCUT2D eigenvalue weighted by Crippen LogP contribution is -1.92. The van der Waals surface area contributed by atoms with Crippen molar-refractivity contribution < 1.29 is 0 Å². The number of thiophene rings is 1. The maximum Gasteiger partial charge on any atom is 0.0440 e. The van der Waals surface area contributed by atoms with Crippen molar-refractivity contribution in [3.8, 4) is 21.6 Å². The SMILES string of the molecule is c1ccc2c(c1)-c1sc3ccccc3c1-2. The molecule has 70 valence electrons. The minimum Gasteiger partial charge on any atom is -0.135 e. The molecule has 0 bridgehead atoms. The Balaban J connectivity index is 2.17. The Kier molecular flexibility index (Phi) is 1.28. The summed E-state index contributed by atoms with van der Waals surface area (Å²) in [5.74, 6) is 0. The van der Waals surface area contributed by atoms with E-state index < -0.39 is 0 Å². The van der Waals surface area contributed by atoms with Crippen molar-refractivity contribution in [1.82, 2.24) is 0 Å². The first-order valence-electron chi connectivity index (χ1n) is 5.06. The van der Waals surface area contributed by atoms with E-state index in [1.54, 1.807) is 0 Å². The highest BCUT2D eigenvalue weighted by Crippen LogP contribution is 2.55. The summed E-state index contributed by atoms with van der Waals surface area (Å²) in [6.45, 7) is 0. The first-order chi connectivity index (χ1) is 7.45. The van der Waals surface area contributed by atoms with Gasteiger partial charge in [-0.2, -0.15) is 0 Å². The van der Waals surface area contributed by atoms with E-state index in [1.807, 2.05) is 11.3 Å². The summed E-state index contributed by atoms with van der Waals surface area (Å²) in [4.78, 5) is 1.46. The van der Waals surface area contributed by atoms with Crippen molar-refractivity contribution in [3.63, 3.8) is 0 Å². The molecule has 0 radical (unpaired) electrons. The average Bonchev–Trinajstić information content (AvgIpc) is 2.60. The Bertz CT molecular complexity index is 677. The summed E-state index contributed by atoms with van der Waals surface area (Å²) in [5.41, 5.74) is 4.31. The highest BCUT2D eigenvalue weighted by Gasteiger charge is 2.26. The van der Waals surface area contributed by atoms with Crippen LogP contribution in [0.5, 0.6) is 0 Å². The molecule has 0 amide bonds. The first kappa shape index (κ1) is 7.66. The molecule has 0 saturated heterocycles. The molecule has 0 nitrogen and oxygen atoms in total. The normalized spacial score (nSPS) is 12.0. The third-order valence-electron chi connectivity index (χ3n) is 3.04. The third kappa shape index (κ3) is 0.822. The summed E-state index contributed by atoms with van der Waals surface area (Å²) in [7, 11) is 0. The van der Waals surface area contributed by atoms with E-state index >= 15 is 0 Å². The molecule has 4 rings (SSSR count). The smallest absolute Gasteiger partial charge is 0.0440 e. The number of fused-ring (bicyclic) bond motifs is 6. The standard InChI is InChI=1S/C14H8S/c1-2-6-10-9(5-1)13-11-7-3-4-8-12(11)15-14(10)13/h1-8H. The van der Waals surface area contributed by atoms with Gasteiger partial charge in [-0.15, -0.1) is 11.3 Å². The second-order valence-electron chi connectivity index (χ2n) is 3.85. The quantitative estimate of drug-likeness (QED) is 0.397. The van der Waals surface area contributed by atoms with Crippen LogP contribution in [-0.4, -0.2) is 0 Å². The van der Waals surface area contributed by atoms with Gasteiger partial charge in [0.1, 0.15) is 0 Å². The van der Waals surface area contributed by atoms with Crippen LogP contribution >= 0.6 is 11.3 Å². The van der Waals surface area contributed by atoms with Crippen molar-refractivity contribution >= 4 is 21.4 Å². The van der Waals surface area contributed by atoms with Crippen molar-refractivity contribution in [1.29, 1.82) is 0 Å². The van der Waals surface area contributed by atoms with E-state index in [0.29, 0.717) is 0 Å². The van der Waals surface area contributed by atoms with Crippen molar-refractivity contribution in [2.75, 3.05) is 0 Å². The second kappa shape index (κ2) is 2.50. The van der Waals surface area contributed by atoms with E-state index in [9.17, 15) is 0 Å². The lowest BCUT2D eigenvalue weighted by molar-refractivity contribution is 1.62. The Morgan fingerprint density at radius 3 is 2.40 bits per heavy atom. The number of hydrogen-bond acceptors (Lipinski definition) is 1. The van der Waals surface area contributed by atoms with Gasteiger partial charge in [-0.25, -0.2) is 0 Å². The number of hydrogen-bond donors (Lipinski definition) is 0. The highest BCUT2D eigenvalue weighted by molar-refractivity contribution is 7.23. The highest BCUT2D eigenvalue weighted by atomic mass is 32.1. The van der Waals surface area contributed by atoms with Crippen LogP contribution in [0, 0.1) is 0 Å². The van der Waals surface area contributed by atoms with Crippen molar-refractivity contribution in [2.45, 2.75) is 0 Å². The van der Waals surface area contributed by atoms with Gasteiger partial charge in [-0.1, -0.05) is 42.5 Å². The molecule has 2 aromatic carbocycles. The van der Waals surface area contributed by atoms with Crippen LogP contribution in [0.25, 0.3) is 31.7 Å². The largest absolute Gasteiger partial charge is 0.135 e. The van der Waals surface area contributed by atoms with Crippen molar-refractivity contribution in [2.24, 2.45) is 0 Å². The van der Waals surface area contributed by atoms with Gasteiger partial charge in [-0.3, -0.25) is 0 Å². The maximum absolute atomic E-state index is 2.22. The summed E-state index contributed by atoms with van der Waals surface area (Å²) in [6.07, 6.45) is 0. The average molecular weight is 208 g/mol. The topological polar surface area (TPSA) is 0 Å². The van der Waals surface area contributed by atoms with Crippen LogP contribution in [0.15, 0.2) is 48.5 Å². The zero-order valence-electron chi connectivity index (χ0n) is 8.03. The maximum atomic E-state index is 2.22. The second-order valence-corrected chi connectivity index (χ2v) is 4.90. The summed E-state index contributed by atoms with van der Waals surface area (Å²) in [5, 5.41) is 1.41. The molecule has 0 N–H and O–H groups in total. The fraction of sp³-hybridized carbons (Fsp3) is 0. The Labute approximate surface area is 91.8 Å². The number of rotatable bonds is 0. The monoisotopic (exact) mass is 208 g/mol. The molecule has 0 aliphatic heterocycles. The molecule has 0 unspecified atom stereocenters. The van der Waals surface area contributed by atoms with E-state index in [-0.39, 0.29) is 0 Å². The lowest BCUT2D eigenvalue weighted by atomic mass is 9.86. The van der Waals surface area contributed by atoms with Gasteiger partial charge >= 0.3 is 0 Å². The summed E-state index contributed by atoms with van der Waals surface area (Å²) in [6, 6.07) is 17.3. The molecular weight excluding hydrogens is 200 g/mol. The Morgan fingerprint density at radius 2 is 1.47 bits per heavy atom. The lowest BCUT2D eigenvalue weighted by Gasteiger charge is -2.18. The van der Waals surface area contributed by atoms with Crippen LogP contribution in [0.2, 0.25) is 0 Å². The Morgan fingerprint density at radius 1 is 0.733 bits per heavy atom. The molecule has 0 spiro atoms. The minimum atomic E-state index is 1.40. The molecular formula is C14H8S. The van der Waals surface area contributed by atoms with Gasteiger partial charge in [0, 0.05) is 26.1 Å². The molecule has 15 heavy (non-hydrogen) atoms. The molecule has 1 aromatic heterocycles. The molecule has 3 aromatic rings. The van der Waals surface area contributed by atoms with Gasteiger partial charge in [0.05, 0.1) is 0 Å². The van der Waals surface area contributed by atoms with Crippen LogP contribution < -0.4 is 0 Å². The van der Waals surface area contributed by atoms with Crippen molar-refractivity contribution in [3.05, 3.63) is 48.5 Å². The molecule has 0 fully saturated rings. The first-order valence-corrected chi connectivity index (χ1v) is 5.88. The van der Waals surface area contributed by atoms with Crippen LogP contribution in [-0.2, 0) is 0 Å². The minimum absolute atomic E-state index is 1.40. The van der Waals surface area contributed by atoms with Crippen LogP contribution in [0.3, 0.4) is 0 Å². The predicted octanol–water partition coefficient (Wildman–Crippen LogP) is 4.55. The zero-order chi connectivity index (χ0) is 9.83. The molecule has 1 aliphatic rings. The molecule has 0 saturated carbocycles. The summed E-state index contributed by atoms with van der Waals surface area (Å²) < 4.78 is 1.40. The van der Waals surface area contributed by atoms with Gasteiger partial charge < -0.3 is 0 Å².